The Morgan fingerprint density at radius 2 is 1.75 bits per heavy atom. The second-order valence-electron chi connectivity index (χ2n) is 5.69. The normalized spacial score (nSPS) is 21.6. The van der Waals surface area contributed by atoms with E-state index in [2.05, 4.69) is 37.9 Å². The van der Waals surface area contributed by atoms with Gasteiger partial charge in [-0.1, -0.05) is 20.8 Å². The minimum Gasteiger partial charge on any atom is -0.314 e. The molecule has 1 aliphatic heterocycles. The van der Waals surface area contributed by atoms with E-state index in [1.807, 2.05) is 0 Å². The lowest BCUT2D eigenvalue weighted by Crippen LogP contribution is -2.45. The number of rotatable bonds is 6. The molecule has 0 radical (unpaired) electrons. The molecule has 16 heavy (non-hydrogen) atoms. The molecular formula is C14H30N2. The summed E-state index contributed by atoms with van der Waals surface area (Å²) in [5.41, 5.74) is 0. The van der Waals surface area contributed by atoms with Gasteiger partial charge >= 0.3 is 0 Å². The quantitative estimate of drug-likeness (QED) is 0.749. The summed E-state index contributed by atoms with van der Waals surface area (Å²) in [5.74, 6) is 0.849. The van der Waals surface area contributed by atoms with Crippen LogP contribution in [0.1, 0.15) is 53.4 Å². The summed E-state index contributed by atoms with van der Waals surface area (Å²) in [4.78, 5) is 2.68. The molecule has 0 saturated carbocycles. The monoisotopic (exact) mass is 226 g/mol. The third-order valence-electron chi connectivity index (χ3n) is 3.81. The van der Waals surface area contributed by atoms with Crippen LogP contribution in [0.5, 0.6) is 0 Å². The largest absolute Gasteiger partial charge is 0.314 e. The van der Waals surface area contributed by atoms with Crippen LogP contribution in [0.15, 0.2) is 0 Å². The van der Waals surface area contributed by atoms with Gasteiger partial charge in [-0.3, -0.25) is 0 Å². The van der Waals surface area contributed by atoms with E-state index in [0.29, 0.717) is 0 Å². The highest BCUT2D eigenvalue weighted by atomic mass is 15.2. The fourth-order valence-electron chi connectivity index (χ4n) is 2.59. The molecule has 0 aromatic rings. The zero-order valence-corrected chi connectivity index (χ0v) is 11.6. The predicted molar refractivity (Wildman–Crippen MR) is 71.8 cm³/mol. The predicted octanol–water partition coefficient (Wildman–Crippen LogP) is 2.89. The van der Waals surface area contributed by atoms with Gasteiger partial charge in [0.15, 0.2) is 0 Å². The van der Waals surface area contributed by atoms with E-state index in [0.717, 1.165) is 24.5 Å². The topological polar surface area (TPSA) is 15.3 Å². The highest BCUT2D eigenvalue weighted by Crippen LogP contribution is 2.17. The minimum absolute atomic E-state index is 0.776. The Labute approximate surface area is 102 Å². The van der Waals surface area contributed by atoms with Gasteiger partial charge < -0.3 is 10.2 Å². The number of likely N-dealkylation sites (tertiary alicyclic amines) is 1. The van der Waals surface area contributed by atoms with Crippen LogP contribution < -0.4 is 5.32 Å². The molecule has 1 atom stereocenters. The number of hydrogen-bond acceptors (Lipinski definition) is 2. The third kappa shape index (κ3) is 4.84. The van der Waals surface area contributed by atoms with Gasteiger partial charge in [0.2, 0.25) is 0 Å². The van der Waals surface area contributed by atoms with E-state index >= 15 is 0 Å². The van der Waals surface area contributed by atoms with Crippen LogP contribution in [0.3, 0.4) is 0 Å². The van der Waals surface area contributed by atoms with Crippen LogP contribution in [0, 0.1) is 5.92 Å². The molecule has 0 aromatic heterocycles. The summed E-state index contributed by atoms with van der Waals surface area (Å²) < 4.78 is 0. The van der Waals surface area contributed by atoms with Crippen molar-refractivity contribution in [3.05, 3.63) is 0 Å². The molecule has 2 heteroatoms. The molecule has 1 rings (SSSR count). The Kier molecular flexibility index (Phi) is 6.37. The molecule has 0 bridgehead atoms. The van der Waals surface area contributed by atoms with Gasteiger partial charge in [-0.2, -0.15) is 0 Å². The Hall–Kier alpha value is -0.0800. The molecule has 2 nitrogen and oxygen atoms in total. The Morgan fingerprint density at radius 1 is 1.12 bits per heavy atom. The Balaban J connectivity index is 2.19. The third-order valence-corrected chi connectivity index (χ3v) is 3.81. The summed E-state index contributed by atoms with van der Waals surface area (Å²) in [5, 5.41) is 3.57. The van der Waals surface area contributed by atoms with E-state index in [1.54, 1.807) is 0 Å². The van der Waals surface area contributed by atoms with Crippen LogP contribution in [0.2, 0.25) is 0 Å². The lowest BCUT2D eigenvalue weighted by molar-refractivity contribution is 0.142. The molecular weight excluding hydrogens is 196 g/mol. The molecule has 0 aliphatic carbocycles. The van der Waals surface area contributed by atoms with Gasteiger partial charge in [0.25, 0.3) is 0 Å². The van der Waals surface area contributed by atoms with Gasteiger partial charge in [0, 0.05) is 12.1 Å². The Morgan fingerprint density at radius 3 is 2.25 bits per heavy atom. The maximum absolute atomic E-state index is 3.57. The van der Waals surface area contributed by atoms with Crippen LogP contribution in [-0.2, 0) is 0 Å². The SMILES string of the molecule is CCNC1CCN(C(C)CCC(C)C)CC1. The van der Waals surface area contributed by atoms with E-state index in [-0.39, 0.29) is 0 Å². The number of nitrogens with one attached hydrogen (secondary N) is 1. The van der Waals surface area contributed by atoms with E-state index in [1.165, 1.54) is 38.8 Å². The highest BCUT2D eigenvalue weighted by Gasteiger charge is 2.21. The smallest absolute Gasteiger partial charge is 0.00912 e. The van der Waals surface area contributed by atoms with E-state index in [4.69, 9.17) is 0 Å². The standard InChI is InChI=1S/C14H30N2/c1-5-15-14-8-10-16(11-9-14)13(4)7-6-12(2)3/h12-15H,5-11H2,1-4H3. The second-order valence-corrected chi connectivity index (χ2v) is 5.69. The van der Waals surface area contributed by atoms with Gasteiger partial charge in [-0.05, 0) is 58.2 Å². The summed E-state index contributed by atoms with van der Waals surface area (Å²) in [6, 6.07) is 1.56. The Bertz CT molecular complexity index is 172. The number of piperidine rings is 1. The molecule has 96 valence electrons. The van der Waals surface area contributed by atoms with Crippen molar-refractivity contribution in [1.82, 2.24) is 10.2 Å². The molecule has 1 aliphatic rings. The van der Waals surface area contributed by atoms with Crippen molar-refractivity contribution in [2.75, 3.05) is 19.6 Å². The molecule has 0 amide bonds. The van der Waals surface area contributed by atoms with Crippen LogP contribution in [-0.4, -0.2) is 36.6 Å². The van der Waals surface area contributed by atoms with Gasteiger partial charge in [0.1, 0.15) is 0 Å². The minimum atomic E-state index is 0.776. The van der Waals surface area contributed by atoms with Gasteiger partial charge in [-0.25, -0.2) is 0 Å². The van der Waals surface area contributed by atoms with E-state index in [9.17, 15) is 0 Å². The van der Waals surface area contributed by atoms with Crippen molar-refractivity contribution in [1.29, 1.82) is 0 Å². The van der Waals surface area contributed by atoms with Crippen LogP contribution in [0.25, 0.3) is 0 Å². The lowest BCUT2D eigenvalue weighted by atomic mass is 9.99. The van der Waals surface area contributed by atoms with Crippen molar-refractivity contribution in [3.63, 3.8) is 0 Å². The van der Waals surface area contributed by atoms with Crippen molar-refractivity contribution in [2.24, 2.45) is 5.92 Å². The zero-order valence-electron chi connectivity index (χ0n) is 11.6. The van der Waals surface area contributed by atoms with Crippen molar-refractivity contribution >= 4 is 0 Å². The average Bonchev–Trinajstić information content (AvgIpc) is 2.27. The van der Waals surface area contributed by atoms with Gasteiger partial charge in [-0.15, -0.1) is 0 Å². The summed E-state index contributed by atoms with van der Waals surface area (Å²) >= 11 is 0. The maximum Gasteiger partial charge on any atom is 0.00912 e. The second kappa shape index (κ2) is 7.29. The molecule has 1 N–H and O–H groups in total. The van der Waals surface area contributed by atoms with Crippen molar-refractivity contribution < 1.29 is 0 Å². The first kappa shape index (κ1) is 14.0. The van der Waals surface area contributed by atoms with Crippen molar-refractivity contribution in [3.8, 4) is 0 Å². The molecule has 1 heterocycles. The first-order valence-corrected chi connectivity index (χ1v) is 7.11. The fourth-order valence-corrected chi connectivity index (χ4v) is 2.59. The van der Waals surface area contributed by atoms with Crippen molar-refractivity contribution in [2.45, 2.75) is 65.5 Å². The lowest BCUT2D eigenvalue weighted by Gasteiger charge is -2.36. The molecule has 1 unspecified atom stereocenters. The summed E-state index contributed by atoms with van der Waals surface area (Å²) in [7, 11) is 0. The zero-order chi connectivity index (χ0) is 12.0. The fraction of sp³-hybridized carbons (Fsp3) is 1.00. The highest BCUT2D eigenvalue weighted by molar-refractivity contribution is 4.79. The molecule has 0 spiro atoms. The van der Waals surface area contributed by atoms with E-state index < -0.39 is 0 Å². The molecule has 1 saturated heterocycles. The average molecular weight is 226 g/mol. The number of hydrogen-bond donors (Lipinski definition) is 1. The van der Waals surface area contributed by atoms with Crippen LogP contribution in [0.4, 0.5) is 0 Å². The first-order chi connectivity index (χ1) is 7.63. The number of nitrogens with zero attached hydrogens (tertiary/aromatic N) is 1. The van der Waals surface area contributed by atoms with Crippen LogP contribution >= 0.6 is 0 Å². The molecule has 1 fully saturated rings. The summed E-state index contributed by atoms with van der Waals surface area (Å²) in [6.07, 6.45) is 5.40. The summed E-state index contributed by atoms with van der Waals surface area (Å²) in [6.45, 7) is 12.9. The first-order valence-electron chi connectivity index (χ1n) is 7.11. The maximum atomic E-state index is 3.57. The van der Waals surface area contributed by atoms with Gasteiger partial charge in [0.05, 0.1) is 0 Å². The molecule has 0 aromatic carbocycles.